The Balaban J connectivity index is 2.09. The normalized spacial score (nSPS) is 22.0. The van der Waals surface area contributed by atoms with Gasteiger partial charge in [0, 0.05) is 19.5 Å². The molecule has 0 atom stereocenters. The molecule has 0 bridgehead atoms. The van der Waals surface area contributed by atoms with E-state index in [1.54, 1.807) is 0 Å². The Morgan fingerprint density at radius 3 is 2.75 bits per heavy atom. The third kappa shape index (κ3) is 0.988. The van der Waals surface area contributed by atoms with Crippen molar-refractivity contribution < 1.29 is 0 Å². The van der Waals surface area contributed by atoms with Crippen molar-refractivity contribution in [2.24, 2.45) is 5.92 Å². The Kier molecular flexibility index (Phi) is 1.50. The van der Waals surface area contributed by atoms with Crippen LogP contribution in [0.2, 0.25) is 0 Å². The quantitative estimate of drug-likeness (QED) is 0.490. The van der Waals surface area contributed by atoms with Crippen molar-refractivity contribution in [3.63, 3.8) is 0 Å². The van der Waals surface area contributed by atoms with E-state index in [1.165, 1.54) is 0 Å². The summed E-state index contributed by atoms with van der Waals surface area (Å²) in [6.07, 6.45) is 0.740. The van der Waals surface area contributed by atoms with Crippen LogP contribution in [0.4, 0.5) is 0 Å². The van der Waals surface area contributed by atoms with Gasteiger partial charge >= 0.3 is 0 Å². The minimum absolute atomic E-state index is 0.671. The highest BCUT2D eigenvalue weighted by Crippen LogP contribution is 2.14. The van der Waals surface area contributed by atoms with E-state index in [2.05, 4.69) is 18.0 Å². The van der Waals surface area contributed by atoms with E-state index < -0.39 is 0 Å². The summed E-state index contributed by atoms with van der Waals surface area (Å²) in [6.45, 7) is 2.24. The van der Waals surface area contributed by atoms with Crippen LogP contribution in [0.1, 0.15) is 6.42 Å². The molecule has 0 aromatic heterocycles. The third-order valence-corrected chi connectivity index (χ3v) is 1.52. The maximum Gasteiger partial charge on any atom is 0.0625 e. The smallest absolute Gasteiger partial charge is 0.0625 e. The Labute approximate surface area is 49.7 Å². The number of nitrogens with zero attached hydrogens (tertiary/aromatic N) is 2. The summed E-state index contributed by atoms with van der Waals surface area (Å²) >= 11 is 0. The molecule has 0 amide bonds. The summed E-state index contributed by atoms with van der Waals surface area (Å²) in [5.74, 6) is 0.671. The van der Waals surface area contributed by atoms with Gasteiger partial charge in [-0.05, 0) is 13.0 Å². The lowest BCUT2D eigenvalue weighted by Gasteiger charge is -2.34. The van der Waals surface area contributed by atoms with Crippen LogP contribution in [-0.4, -0.2) is 25.0 Å². The molecule has 44 valence electrons. The predicted octanol–water partition coefficient (Wildman–Crippen LogP) is 0.462. The summed E-state index contributed by atoms with van der Waals surface area (Å²) in [6, 6.07) is 2.16. The first-order valence-electron chi connectivity index (χ1n) is 2.88. The van der Waals surface area contributed by atoms with Gasteiger partial charge in [-0.25, -0.2) is 0 Å². The zero-order valence-electron chi connectivity index (χ0n) is 5.09. The molecule has 1 fully saturated rings. The fourth-order valence-corrected chi connectivity index (χ4v) is 1.09. The van der Waals surface area contributed by atoms with E-state index in [4.69, 9.17) is 5.26 Å². The number of hydrogen-bond acceptors (Lipinski definition) is 2. The number of hydrogen-bond donors (Lipinski definition) is 0. The highest BCUT2D eigenvalue weighted by atomic mass is 15.2. The minimum Gasteiger partial charge on any atom is -0.306 e. The molecule has 1 aliphatic heterocycles. The SMILES string of the molecule is CN1CC(CC#N)C1. The lowest BCUT2D eigenvalue weighted by molar-refractivity contribution is 0.138. The van der Waals surface area contributed by atoms with Crippen LogP contribution in [0.3, 0.4) is 0 Å². The van der Waals surface area contributed by atoms with Crippen molar-refractivity contribution in [2.45, 2.75) is 6.42 Å². The van der Waals surface area contributed by atoms with Gasteiger partial charge in [0.15, 0.2) is 0 Å². The molecule has 2 nitrogen and oxygen atoms in total. The molecular weight excluding hydrogens is 100 g/mol. The zero-order chi connectivity index (χ0) is 5.98. The van der Waals surface area contributed by atoms with Crippen molar-refractivity contribution in [1.82, 2.24) is 4.90 Å². The predicted molar refractivity (Wildman–Crippen MR) is 31.2 cm³/mol. The minimum atomic E-state index is 0.671. The summed E-state index contributed by atoms with van der Waals surface area (Å²) in [5.41, 5.74) is 0. The molecule has 0 aromatic carbocycles. The number of rotatable bonds is 1. The second-order valence-corrected chi connectivity index (χ2v) is 2.45. The zero-order valence-corrected chi connectivity index (χ0v) is 5.09. The average molecular weight is 110 g/mol. The van der Waals surface area contributed by atoms with Crippen LogP contribution in [0.5, 0.6) is 0 Å². The molecule has 0 spiro atoms. The third-order valence-electron chi connectivity index (χ3n) is 1.52. The van der Waals surface area contributed by atoms with Gasteiger partial charge in [-0.2, -0.15) is 5.26 Å². The lowest BCUT2D eigenvalue weighted by Crippen LogP contribution is -2.43. The molecule has 0 N–H and O–H groups in total. The summed E-state index contributed by atoms with van der Waals surface area (Å²) in [5, 5.41) is 8.22. The topological polar surface area (TPSA) is 27.0 Å². The molecule has 0 aliphatic carbocycles. The van der Waals surface area contributed by atoms with E-state index in [9.17, 15) is 0 Å². The molecule has 1 rings (SSSR count). The highest BCUT2D eigenvalue weighted by Gasteiger charge is 2.21. The number of likely N-dealkylation sites (tertiary alicyclic amines) is 1. The molecule has 1 saturated heterocycles. The van der Waals surface area contributed by atoms with Crippen molar-refractivity contribution in [1.29, 1.82) is 5.26 Å². The Bertz CT molecular complexity index is 108. The van der Waals surface area contributed by atoms with E-state index in [0.29, 0.717) is 5.92 Å². The van der Waals surface area contributed by atoms with Crippen LogP contribution in [-0.2, 0) is 0 Å². The maximum atomic E-state index is 8.22. The maximum absolute atomic E-state index is 8.22. The van der Waals surface area contributed by atoms with Crippen LogP contribution >= 0.6 is 0 Å². The summed E-state index contributed by atoms with van der Waals surface area (Å²) in [4.78, 5) is 2.22. The van der Waals surface area contributed by atoms with Gasteiger partial charge in [-0.15, -0.1) is 0 Å². The summed E-state index contributed by atoms with van der Waals surface area (Å²) in [7, 11) is 2.08. The van der Waals surface area contributed by atoms with Crippen LogP contribution in [0.15, 0.2) is 0 Å². The van der Waals surface area contributed by atoms with Crippen LogP contribution < -0.4 is 0 Å². The van der Waals surface area contributed by atoms with Gasteiger partial charge in [-0.1, -0.05) is 0 Å². The van der Waals surface area contributed by atoms with Gasteiger partial charge in [-0.3, -0.25) is 0 Å². The van der Waals surface area contributed by atoms with Crippen molar-refractivity contribution >= 4 is 0 Å². The molecule has 0 saturated carbocycles. The lowest BCUT2D eigenvalue weighted by atomic mass is 9.98. The highest BCUT2D eigenvalue weighted by molar-refractivity contribution is 4.84. The average Bonchev–Trinajstić information content (AvgIpc) is 1.64. The Morgan fingerprint density at radius 2 is 2.38 bits per heavy atom. The van der Waals surface area contributed by atoms with Gasteiger partial charge < -0.3 is 4.90 Å². The molecular formula is C6H10N2. The number of nitriles is 1. The standard InChI is InChI=1S/C6H10N2/c1-8-4-6(5-8)2-3-7/h6H,2,4-5H2,1H3. The molecule has 2 heteroatoms. The molecule has 1 heterocycles. The van der Waals surface area contributed by atoms with Gasteiger partial charge in [0.05, 0.1) is 6.07 Å². The molecule has 0 aromatic rings. The molecule has 0 radical (unpaired) electrons. The molecule has 8 heavy (non-hydrogen) atoms. The van der Waals surface area contributed by atoms with Gasteiger partial charge in [0.1, 0.15) is 0 Å². The summed E-state index contributed by atoms with van der Waals surface area (Å²) < 4.78 is 0. The van der Waals surface area contributed by atoms with Crippen molar-refractivity contribution in [3.05, 3.63) is 0 Å². The van der Waals surface area contributed by atoms with Gasteiger partial charge in [0.25, 0.3) is 0 Å². The first-order valence-corrected chi connectivity index (χ1v) is 2.88. The van der Waals surface area contributed by atoms with E-state index in [0.717, 1.165) is 19.5 Å². The van der Waals surface area contributed by atoms with Crippen molar-refractivity contribution in [2.75, 3.05) is 20.1 Å². The Hall–Kier alpha value is -0.550. The molecule has 1 aliphatic rings. The second kappa shape index (κ2) is 2.15. The van der Waals surface area contributed by atoms with E-state index in [-0.39, 0.29) is 0 Å². The van der Waals surface area contributed by atoms with E-state index in [1.807, 2.05) is 0 Å². The fraction of sp³-hybridized carbons (Fsp3) is 0.833. The molecule has 0 unspecified atom stereocenters. The second-order valence-electron chi connectivity index (χ2n) is 2.45. The van der Waals surface area contributed by atoms with Gasteiger partial charge in [0.2, 0.25) is 0 Å². The van der Waals surface area contributed by atoms with Crippen LogP contribution in [0, 0.1) is 17.2 Å². The Morgan fingerprint density at radius 1 is 1.75 bits per heavy atom. The van der Waals surface area contributed by atoms with Crippen LogP contribution in [0.25, 0.3) is 0 Å². The largest absolute Gasteiger partial charge is 0.306 e. The van der Waals surface area contributed by atoms with Crippen molar-refractivity contribution in [3.8, 4) is 6.07 Å². The fourth-order valence-electron chi connectivity index (χ4n) is 1.09. The first-order chi connectivity index (χ1) is 3.83. The first kappa shape index (κ1) is 5.58. The van der Waals surface area contributed by atoms with E-state index >= 15 is 0 Å². The monoisotopic (exact) mass is 110 g/mol.